The van der Waals surface area contributed by atoms with Crippen LogP contribution < -0.4 is 15.9 Å². The van der Waals surface area contributed by atoms with E-state index in [0.717, 1.165) is 55.1 Å². The van der Waals surface area contributed by atoms with E-state index in [1.807, 2.05) is 66.7 Å². The third-order valence-corrected chi connectivity index (χ3v) is 16.3. The van der Waals surface area contributed by atoms with Crippen molar-refractivity contribution < 1.29 is 4.57 Å². The minimum Gasteiger partial charge on any atom is -0.308 e. The molecule has 0 aliphatic carbocycles. The van der Waals surface area contributed by atoms with Gasteiger partial charge in [-0.25, -0.2) is 4.98 Å². The summed E-state index contributed by atoms with van der Waals surface area (Å²) in [5.41, 5.74) is 10.6. The molecule has 3 nitrogen and oxygen atoms in total. The van der Waals surface area contributed by atoms with E-state index in [4.69, 9.17) is 4.98 Å². The second-order valence-electron chi connectivity index (χ2n) is 16.5. The van der Waals surface area contributed by atoms with E-state index in [9.17, 15) is 0 Å². The number of aromatic nitrogens is 2. The summed E-state index contributed by atoms with van der Waals surface area (Å²) >= 11 is 0. The fourth-order valence-corrected chi connectivity index (χ4v) is 13.4. The highest BCUT2D eigenvalue weighted by Gasteiger charge is 2.40. The molecule has 63 heavy (non-hydrogen) atoms. The molecule has 0 fully saturated rings. The van der Waals surface area contributed by atoms with Gasteiger partial charge < -0.3 is 4.57 Å². The highest BCUT2D eigenvalue weighted by molar-refractivity contribution is 7.86. The monoisotopic (exact) mass is 820 g/mol. The van der Waals surface area contributed by atoms with E-state index in [2.05, 4.69) is 162 Å². The van der Waals surface area contributed by atoms with Crippen LogP contribution in [0.4, 0.5) is 0 Å². The topological polar surface area (TPSA) is 34.9 Å². The van der Waals surface area contributed by atoms with Gasteiger partial charge in [-0.3, -0.25) is 4.57 Å². The number of benzene rings is 11. The Balaban J connectivity index is 1.12. The summed E-state index contributed by atoms with van der Waals surface area (Å²) < 4.78 is 18.6. The summed E-state index contributed by atoms with van der Waals surface area (Å²) in [5, 5.41) is 12.1. The Bertz CT molecular complexity index is 3880. The number of para-hydroxylation sites is 1. The van der Waals surface area contributed by atoms with Gasteiger partial charge in [-0.2, -0.15) is 0 Å². The van der Waals surface area contributed by atoms with Gasteiger partial charge in [-0.05, 0) is 107 Å². The van der Waals surface area contributed by atoms with Crippen LogP contribution in [0, 0.1) is 0 Å². The molecular weight excluding hydrogens is 784 g/mol. The molecule has 0 bridgehead atoms. The second kappa shape index (κ2) is 13.8. The largest absolute Gasteiger partial charge is 0.308 e. The summed E-state index contributed by atoms with van der Waals surface area (Å²) in [6.07, 6.45) is 0. The minimum absolute atomic E-state index is 0.811. The zero-order valence-corrected chi connectivity index (χ0v) is 35.0. The van der Waals surface area contributed by atoms with E-state index >= 15 is 4.57 Å². The second-order valence-corrected chi connectivity index (χ2v) is 19.2. The highest BCUT2D eigenvalue weighted by Crippen LogP contribution is 2.52. The van der Waals surface area contributed by atoms with Crippen molar-refractivity contribution in [1.82, 2.24) is 9.55 Å². The van der Waals surface area contributed by atoms with Crippen molar-refractivity contribution in [1.29, 1.82) is 0 Å². The molecule has 0 spiro atoms. The van der Waals surface area contributed by atoms with E-state index in [0.29, 0.717) is 0 Å². The van der Waals surface area contributed by atoms with E-state index < -0.39 is 7.14 Å². The van der Waals surface area contributed by atoms with Crippen molar-refractivity contribution in [2.24, 2.45) is 0 Å². The standard InChI is InChI=1S/C59H37N2OP/c62-63(43-22-5-2-6-23-43)54-31-15-30-52-58(54)61(59(60-52)40-18-3-1-4-19-40)53-35-33-42(37-55(53)63)41-32-34-50-51(36-41)57(47-29-14-21-39-17-8-10-25-45(39)47)49-27-12-11-26-48(49)56(50)46-28-13-20-38-16-7-9-24-44(38)46/h1-37H. The molecule has 11 aromatic carbocycles. The fourth-order valence-electron chi connectivity index (χ4n) is 10.4. The van der Waals surface area contributed by atoms with Crippen molar-refractivity contribution in [2.45, 2.75) is 0 Å². The number of rotatable bonds is 5. The lowest BCUT2D eigenvalue weighted by Gasteiger charge is -2.29. The highest BCUT2D eigenvalue weighted by atomic mass is 31.2. The first kappa shape index (κ1) is 35.9. The van der Waals surface area contributed by atoms with Crippen LogP contribution in [-0.2, 0) is 4.57 Å². The molecule has 2 heterocycles. The third-order valence-electron chi connectivity index (χ3n) is 13.2. The average molecular weight is 821 g/mol. The molecule has 0 saturated heterocycles. The van der Waals surface area contributed by atoms with Crippen LogP contribution in [0.5, 0.6) is 0 Å². The van der Waals surface area contributed by atoms with Gasteiger partial charge in [-0.15, -0.1) is 0 Å². The van der Waals surface area contributed by atoms with Gasteiger partial charge in [0.1, 0.15) is 5.82 Å². The van der Waals surface area contributed by atoms with Crippen molar-refractivity contribution in [3.8, 4) is 50.5 Å². The lowest BCUT2D eigenvalue weighted by Crippen LogP contribution is -2.33. The molecule has 13 rings (SSSR count). The summed E-state index contributed by atoms with van der Waals surface area (Å²) in [5.74, 6) is 0.838. The Morgan fingerprint density at radius 3 is 1.59 bits per heavy atom. The first-order valence-electron chi connectivity index (χ1n) is 21.5. The quantitative estimate of drug-likeness (QED) is 0.128. The molecular formula is C59H37N2OP. The van der Waals surface area contributed by atoms with Crippen LogP contribution in [0.2, 0.25) is 0 Å². The molecule has 1 aliphatic rings. The molecule has 4 heteroatoms. The number of nitrogens with zero attached hydrogens (tertiary/aromatic N) is 2. The summed E-state index contributed by atoms with van der Waals surface area (Å²) in [7, 11) is -3.39. The molecule has 0 N–H and O–H groups in total. The molecule has 1 atom stereocenters. The Kier molecular flexibility index (Phi) is 7.88. The zero-order chi connectivity index (χ0) is 41.6. The number of hydrogen-bond donors (Lipinski definition) is 0. The molecule has 0 radical (unpaired) electrons. The predicted molar refractivity (Wildman–Crippen MR) is 266 cm³/mol. The third kappa shape index (κ3) is 5.27. The average Bonchev–Trinajstić information content (AvgIpc) is 3.75. The maximum atomic E-state index is 16.4. The molecule has 294 valence electrons. The van der Waals surface area contributed by atoms with Crippen LogP contribution in [0.25, 0.3) is 105 Å². The Labute approximate surface area is 364 Å². The Morgan fingerprint density at radius 2 is 0.905 bits per heavy atom. The van der Waals surface area contributed by atoms with E-state index in [1.54, 1.807) is 0 Å². The summed E-state index contributed by atoms with van der Waals surface area (Å²) in [4.78, 5) is 5.21. The van der Waals surface area contributed by atoms with Crippen LogP contribution in [0.3, 0.4) is 0 Å². The summed E-state index contributed by atoms with van der Waals surface area (Å²) in [6.45, 7) is 0. The first-order valence-corrected chi connectivity index (χ1v) is 23.2. The van der Waals surface area contributed by atoms with Crippen molar-refractivity contribution >= 4 is 77.2 Å². The van der Waals surface area contributed by atoms with E-state index in [-0.39, 0.29) is 0 Å². The molecule has 0 amide bonds. The van der Waals surface area contributed by atoms with Gasteiger partial charge in [0.25, 0.3) is 0 Å². The number of fused-ring (bicyclic) bond motifs is 6. The van der Waals surface area contributed by atoms with Crippen LogP contribution in [0.15, 0.2) is 224 Å². The van der Waals surface area contributed by atoms with E-state index in [1.165, 1.54) is 65.3 Å². The molecule has 12 aromatic rings. The normalized spacial score (nSPS) is 14.5. The minimum atomic E-state index is -3.39. The fraction of sp³-hybridized carbons (Fsp3) is 0. The van der Waals surface area contributed by atoms with Crippen molar-refractivity contribution in [3.05, 3.63) is 224 Å². The maximum absolute atomic E-state index is 16.4. The molecule has 1 aliphatic heterocycles. The first-order chi connectivity index (χ1) is 31.1. The van der Waals surface area contributed by atoms with Gasteiger partial charge in [0.15, 0.2) is 7.14 Å². The van der Waals surface area contributed by atoms with Crippen molar-refractivity contribution in [2.75, 3.05) is 0 Å². The SMILES string of the molecule is O=P1(c2ccccc2)c2cc(-c3ccc4c(-c5cccc6ccccc56)c5ccccc5c(-c5cccc6ccccc56)c4c3)ccc2-n2c(-c3ccccc3)nc3cccc1c32. The van der Waals surface area contributed by atoms with Gasteiger partial charge in [0, 0.05) is 21.5 Å². The maximum Gasteiger partial charge on any atom is 0.175 e. The van der Waals surface area contributed by atoms with Gasteiger partial charge >= 0.3 is 0 Å². The summed E-state index contributed by atoms with van der Waals surface area (Å²) in [6, 6.07) is 79.6. The lowest BCUT2D eigenvalue weighted by molar-refractivity contribution is 0.592. The smallest absolute Gasteiger partial charge is 0.175 e. The lowest BCUT2D eigenvalue weighted by atomic mass is 9.83. The van der Waals surface area contributed by atoms with Crippen molar-refractivity contribution in [3.63, 3.8) is 0 Å². The van der Waals surface area contributed by atoms with Crippen LogP contribution in [-0.4, -0.2) is 9.55 Å². The molecule has 1 aromatic heterocycles. The molecule has 1 unspecified atom stereocenters. The van der Waals surface area contributed by atoms with Gasteiger partial charge in [-0.1, -0.05) is 194 Å². The molecule has 0 saturated carbocycles. The number of hydrogen-bond acceptors (Lipinski definition) is 2. The number of imidazole rings is 1. The van der Waals surface area contributed by atoms with Gasteiger partial charge in [0.05, 0.1) is 16.7 Å². The Morgan fingerprint density at radius 1 is 0.381 bits per heavy atom. The van der Waals surface area contributed by atoms with Gasteiger partial charge in [0.2, 0.25) is 0 Å². The zero-order valence-electron chi connectivity index (χ0n) is 34.1. The predicted octanol–water partition coefficient (Wildman–Crippen LogP) is 14.3. The van der Waals surface area contributed by atoms with Crippen LogP contribution in [0.1, 0.15) is 0 Å². The Hall–Kier alpha value is -7.84. The van der Waals surface area contributed by atoms with Crippen LogP contribution >= 0.6 is 7.14 Å².